The van der Waals surface area contributed by atoms with E-state index in [4.69, 9.17) is 5.73 Å². The molecule has 0 aromatic carbocycles. The Kier molecular flexibility index (Phi) is 2.56. The van der Waals surface area contributed by atoms with Gasteiger partial charge < -0.3 is 10.6 Å². The molecule has 4 nitrogen and oxygen atoms in total. The standard InChI is InChI=1S/C10H15FN4/c1-6-9(11)7(2)14-10(13-6)15-4-3-8(12)5-15/h8H,3-5,12H2,1-2H3/t8-/m1/s1. The molecule has 0 spiro atoms. The van der Waals surface area contributed by atoms with E-state index in [2.05, 4.69) is 9.97 Å². The predicted molar refractivity (Wildman–Crippen MR) is 56.3 cm³/mol. The quantitative estimate of drug-likeness (QED) is 0.744. The normalized spacial score (nSPS) is 21.1. The molecular weight excluding hydrogens is 195 g/mol. The number of nitrogens with two attached hydrogens (primary N) is 1. The minimum Gasteiger partial charge on any atom is -0.339 e. The molecule has 1 aliphatic rings. The monoisotopic (exact) mass is 210 g/mol. The van der Waals surface area contributed by atoms with Crippen LogP contribution in [-0.2, 0) is 0 Å². The topological polar surface area (TPSA) is 55.0 Å². The van der Waals surface area contributed by atoms with Crippen LogP contribution in [0.15, 0.2) is 0 Å². The molecule has 15 heavy (non-hydrogen) atoms. The maximum Gasteiger partial charge on any atom is 0.226 e. The van der Waals surface area contributed by atoms with Gasteiger partial charge in [0.2, 0.25) is 5.95 Å². The first-order chi connectivity index (χ1) is 7.08. The van der Waals surface area contributed by atoms with Crippen LogP contribution in [0.25, 0.3) is 0 Å². The highest BCUT2D eigenvalue weighted by Crippen LogP contribution is 2.17. The Bertz CT molecular complexity index is 357. The number of hydrogen-bond donors (Lipinski definition) is 1. The van der Waals surface area contributed by atoms with Crippen molar-refractivity contribution in [3.63, 3.8) is 0 Å². The van der Waals surface area contributed by atoms with Crippen molar-refractivity contribution in [2.75, 3.05) is 18.0 Å². The molecule has 0 saturated carbocycles. The van der Waals surface area contributed by atoms with Crippen molar-refractivity contribution in [3.05, 3.63) is 17.2 Å². The van der Waals surface area contributed by atoms with E-state index in [1.165, 1.54) is 0 Å². The van der Waals surface area contributed by atoms with Crippen LogP contribution in [0.3, 0.4) is 0 Å². The van der Waals surface area contributed by atoms with Gasteiger partial charge in [0.15, 0.2) is 5.82 Å². The summed E-state index contributed by atoms with van der Waals surface area (Å²) in [7, 11) is 0. The Labute approximate surface area is 88.3 Å². The minimum absolute atomic E-state index is 0.180. The van der Waals surface area contributed by atoms with E-state index in [0.717, 1.165) is 19.5 Å². The lowest BCUT2D eigenvalue weighted by molar-refractivity contribution is 0.588. The number of aryl methyl sites for hydroxylation is 2. The molecule has 1 fully saturated rings. The average molecular weight is 210 g/mol. The Hall–Kier alpha value is -1.23. The summed E-state index contributed by atoms with van der Waals surface area (Å²) in [5.74, 6) is 0.279. The van der Waals surface area contributed by atoms with Gasteiger partial charge in [-0.05, 0) is 20.3 Å². The van der Waals surface area contributed by atoms with Crippen LogP contribution in [0, 0.1) is 19.7 Å². The number of nitrogens with zero attached hydrogens (tertiary/aromatic N) is 3. The van der Waals surface area contributed by atoms with E-state index in [1.54, 1.807) is 13.8 Å². The zero-order chi connectivity index (χ0) is 11.0. The molecule has 0 amide bonds. The second kappa shape index (κ2) is 3.73. The first-order valence-corrected chi connectivity index (χ1v) is 5.09. The molecule has 2 heterocycles. The van der Waals surface area contributed by atoms with Gasteiger partial charge in [-0.15, -0.1) is 0 Å². The molecule has 1 aromatic heterocycles. The number of hydrogen-bond acceptors (Lipinski definition) is 4. The SMILES string of the molecule is Cc1nc(N2CC[C@@H](N)C2)nc(C)c1F. The average Bonchev–Trinajstić information content (AvgIpc) is 2.60. The molecule has 2 N–H and O–H groups in total. The highest BCUT2D eigenvalue weighted by molar-refractivity contribution is 5.34. The van der Waals surface area contributed by atoms with Gasteiger partial charge in [0.25, 0.3) is 0 Å². The molecular formula is C10H15FN4. The van der Waals surface area contributed by atoms with Crippen LogP contribution >= 0.6 is 0 Å². The van der Waals surface area contributed by atoms with Gasteiger partial charge in [-0.1, -0.05) is 0 Å². The summed E-state index contributed by atoms with van der Waals surface area (Å²) in [4.78, 5) is 10.3. The fourth-order valence-electron chi connectivity index (χ4n) is 1.80. The van der Waals surface area contributed by atoms with E-state index in [9.17, 15) is 4.39 Å². The van der Waals surface area contributed by atoms with Gasteiger partial charge in [0, 0.05) is 19.1 Å². The summed E-state index contributed by atoms with van der Waals surface area (Å²) >= 11 is 0. The van der Waals surface area contributed by atoms with E-state index in [1.807, 2.05) is 4.90 Å². The van der Waals surface area contributed by atoms with E-state index in [0.29, 0.717) is 17.3 Å². The first-order valence-electron chi connectivity index (χ1n) is 5.09. The van der Waals surface area contributed by atoms with Crippen LogP contribution < -0.4 is 10.6 Å². The summed E-state index contributed by atoms with van der Waals surface area (Å²) in [6.07, 6.45) is 0.943. The van der Waals surface area contributed by atoms with Crippen molar-refractivity contribution < 1.29 is 4.39 Å². The van der Waals surface area contributed by atoms with Gasteiger partial charge in [0.05, 0.1) is 11.4 Å². The molecule has 1 atom stereocenters. The zero-order valence-electron chi connectivity index (χ0n) is 9.00. The summed E-state index contributed by atoms with van der Waals surface area (Å²) in [5, 5.41) is 0. The largest absolute Gasteiger partial charge is 0.339 e. The van der Waals surface area contributed by atoms with Crippen molar-refractivity contribution in [2.45, 2.75) is 26.3 Å². The lowest BCUT2D eigenvalue weighted by Crippen LogP contribution is -2.28. The van der Waals surface area contributed by atoms with Crippen LogP contribution in [0.1, 0.15) is 17.8 Å². The maximum absolute atomic E-state index is 13.3. The highest BCUT2D eigenvalue weighted by Gasteiger charge is 2.22. The van der Waals surface area contributed by atoms with Gasteiger partial charge in [-0.3, -0.25) is 0 Å². The van der Waals surface area contributed by atoms with Crippen LogP contribution in [0.4, 0.5) is 10.3 Å². The third kappa shape index (κ3) is 1.92. The Morgan fingerprint density at radius 2 is 1.93 bits per heavy atom. The van der Waals surface area contributed by atoms with Crippen LogP contribution in [-0.4, -0.2) is 29.1 Å². The fourth-order valence-corrected chi connectivity index (χ4v) is 1.80. The van der Waals surface area contributed by atoms with E-state index >= 15 is 0 Å². The van der Waals surface area contributed by atoms with Crippen molar-refractivity contribution in [1.82, 2.24) is 9.97 Å². The van der Waals surface area contributed by atoms with Crippen molar-refractivity contribution in [1.29, 1.82) is 0 Å². The van der Waals surface area contributed by atoms with Crippen molar-refractivity contribution >= 4 is 5.95 Å². The second-order valence-corrected chi connectivity index (χ2v) is 4.00. The summed E-state index contributed by atoms with van der Waals surface area (Å²) in [6.45, 7) is 4.92. The molecule has 0 bridgehead atoms. The molecule has 1 aromatic rings. The molecule has 0 unspecified atom stereocenters. The van der Waals surface area contributed by atoms with Gasteiger partial charge >= 0.3 is 0 Å². The summed E-state index contributed by atoms with van der Waals surface area (Å²) in [5.41, 5.74) is 6.60. The van der Waals surface area contributed by atoms with Gasteiger partial charge in [-0.25, -0.2) is 14.4 Å². The highest BCUT2D eigenvalue weighted by atomic mass is 19.1. The van der Waals surface area contributed by atoms with Crippen LogP contribution in [0.5, 0.6) is 0 Å². The third-order valence-electron chi connectivity index (χ3n) is 2.68. The predicted octanol–water partition coefficient (Wildman–Crippen LogP) is 0.770. The number of halogens is 1. The number of aromatic nitrogens is 2. The maximum atomic E-state index is 13.3. The van der Waals surface area contributed by atoms with Gasteiger partial charge in [0.1, 0.15) is 0 Å². The third-order valence-corrected chi connectivity index (χ3v) is 2.68. The molecule has 0 aliphatic carbocycles. The lowest BCUT2D eigenvalue weighted by Gasteiger charge is -2.16. The Morgan fingerprint density at radius 3 is 2.40 bits per heavy atom. The summed E-state index contributed by atoms with van der Waals surface area (Å²) < 4.78 is 13.3. The molecule has 2 rings (SSSR count). The summed E-state index contributed by atoms with van der Waals surface area (Å²) in [6, 6.07) is 0.180. The minimum atomic E-state index is -0.317. The van der Waals surface area contributed by atoms with Crippen LogP contribution in [0.2, 0.25) is 0 Å². The smallest absolute Gasteiger partial charge is 0.226 e. The molecule has 1 aliphatic heterocycles. The van der Waals surface area contributed by atoms with Crippen molar-refractivity contribution in [2.24, 2.45) is 5.73 Å². The van der Waals surface area contributed by atoms with Crippen molar-refractivity contribution in [3.8, 4) is 0 Å². The molecule has 0 radical (unpaired) electrons. The lowest BCUT2D eigenvalue weighted by atomic mass is 10.3. The zero-order valence-corrected chi connectivity index (χ0v) is 9.00. The van der Waals surface area contributed by atoms with Gasteiger partial charge in [-0.2, -0.15) is 0 Å². The first kappa shape index (κ1) is 10.3. The molecule has 82 valence electrons. The number of rotatable bonds is 1. The molecule has 1 saturated heterocycles. The second-order valence-electron chi connectivity index (χ2n) is 4.00. The van der Waals surface area contributed by atoms with E-state index in [-0.39, 0.29) is 11.9 Å². The van der Waals surface area contributed by atoms with E-state index < -0.39 is 0 Å². The number of anilines is 1. The Balaban J connectivity index is 2.29. The Morgan fingerprint density at radius 1 is 1.33 bits per heavy atom. The molecule has 5 heteroatoms. The fraction of sp³-hybridized carbons (Fsp3) is 0.600.